The number of methoxy groups -OCH3 is 1. The van der Waals surface area contributed by atoms with Gasteiger partial charge in [-0.15, -0.1) is 0 Å². The first-order chi connectivity index (χ1) is 11.8. The van der Waals surface area contributed by atoms with E-state index in [1.54, 1.807) is 37.5 Å². The monoisotopic (exact) mass is 344 g/mol. The van der Waals surface area contributed by atoms with Gasteiger partial charge < -0.3 is 19.4 Å². The molecular formula is C18H20N2O5. The zero-order chi connectivity index (χ0) is 18.6. The van der Waals surface area contributed by atoms with Gasteiger partial charge >= 0.3 is 5.97 Å². The number of nitrogens with zero attached hydrogens (tertiary/aromatic N) is 1. The van der Waals surface area contributed by atoms with E-state index in [1.807, 2.05) is 0 Å². The van der Waals surface area contributed by atoms with Crippen molar-refractivity contribution in [2.24, 2.45) is 7.05 Å². The molecule has 1 amide bonds. The van der Waals surface area contributed by atoms with Crippen molar-refractivity contribution < 1.29 is 23.9 Å². The molecule has 2 rings (SSSR count). The number of aromatic nitrogens is 1. The summed E-state index contributed by atoms with van der Waals surface area (Å²) in [6.45, 7) is 2.89. The Labute approximate surface area is 145 Å². The van der Waals surface area contributed by atoms with Gasteiger partial charge in [0.1, 0.15) is 11.4 Å². The molecule has 1 aromatic carbocycles. The van der Waals surface area contributed by atoms with Crippen LogP contribution in [0.15, 0.2) is 36.5 Å². The normalized spacial score (nSPS) is 11.5. The highest BCUT2D eigenvalue weighted by Crippen LogP contribution is 2.17. The minimum Gasteiger partial charge on any atom is -0.497 e. The van der Waals surface area contributed by atoms with Gasteiger partial charge in [0.05, 0.1) is 7.11 Å². The molecule has 0 fully saturated rings. The van der Waals surface area contributed by atoms with E-state index < -0.39 is 18.0 Å². The minimum absolute atomic E-state index is 0.154. The first-order valence-corrected chi connectivity index (χ1v) is 7.65. The van der Waals surface area contributed by atoms with Crippen LogP contribution >= 0.6 is 0 Å². The summed E-state index contributed by atoms with van der Waals surface area (Å²) >= 11 is 0. The second kappa shape index (κ2) is 7.65. The number of carbonyl (C=O) groups is 3. The smallest absolute Gasteiger partial charge is 0.355 e. The number of anilines is 1. The number of hydrogen-bond acceptors (Lipinski definition) is 5. The maximum atomic E-state index is 12.2. The number of nitrogens with one attached hydrogen (secondary N) is 1. The average molecular weight is 344 g/mol. The largest absolute Gasteiger partial charge is 0.497 e. The van der Waals surface area contributed by atoms with E-state index in [-0.39, 0.29) is 11.5 Å². The molecular weight excluding hydrogens is 324 g/mol. The highest BCUT2D eigenvalue weighted by atomic mass is 16.5. The van der Waals surface area contributed by atoms with Crippen LogP contribution in [0, 0.1) is 0 Å². The third-order valence-corrected chi connectivity index (χ3v) is 3.61. The van der Waals surface area contributed by atoms with Gasteiger partial charge in [0.25, 0.3) is 5.91 Å². The highest BCUT2D eigenvalue weighted by molar-refractivity contribution is 5.99. The summed E-state index contributed by atoms with van der Waals surface area (Å²) in [6.07, 6.45) is 0.536. The van der Waals surface area contributed by atoms with Crippen LogP contribution in [0.2, 0.25) is 0 Å². The molecule has 0 aliphatic heterocycles. The maximum absolute atomic E-state index is 12.2. The van der Waals surface area contributed by atoms with Crippen LogP contribution in [0.25, 0.3) is 0 Å². The molecule has 0 unspecified atom stereocenters. The molecule has 0 radical (unpaired) electrons. The van der Waals surface area contributed by atoms with Crippen molar-refractivity contribution in [2.45, 2.75) is 20.0 Å². The highest BCUT2D eigenvalue weighted by Gasteiger charge is 2.22. The summed E-state index contributed by atoms with van der Waals surface area (Å²) in [5, 5.41) is 2.65. The van der Waals surface area contributed by atoms with Crippen molar-refractivity contribution in [3.05, 3.63) is 47.8 Å². The number of benzene rings is 1. The van der Waals surface area contributed by atoms with Crippen molar-refractivity contribution >= 4 is 23.3 Å². The topological polar surface area (TPSA) is 86.6 Å². The van der Waals surface area contributed by atoms with Gasteiger partial charge in [0.15, 0.2) is 11.9 Å². The number of aryl methyl sites for hydroxylation is 1. The molecule has 2 aromatic rings. The Balaban J connectivity index is 2.02. The van der Waals surface area contributed by atoms with Crippen LogP contribution in [0.3, 0.4) is 0 Å². The van der Waals surface area contributed by atoms with Crippen molar-refractivity contribution in [2.75, 3.05) is 12.4 Å². The Bertz CT molecular complexity index is 810. The third kappa shape index (κ3) is 4.47. The second-order valence-electron chi connectivity index (χ2n) is 5.55. The number of rotatable bonds is 6. The minimum atomic E-state index is -1.01. The van der Waals surface area contributed by atoms with Gasteiger partial charge in [-0.2, -0.15) is 0 Å². The fourth-order valence-electron chi connectivity index (χ4n) is 2.18. The fraction of sp³-hybridized carbons (Fsp3) is 0.278. The lowest BCUT2D eigenvalue weighted by Gasteiger charge is -2.14. The first-order valence-electron chi connectivity index (χ1n) is 7.65. The van der Waals surface area contributed by atoms with E-state index in [2.05, 4.69) is 5.32 Å². The van der Waals surface area contributed by atoms with Crippen LogP contribution in [0.4, 0.5) is 5.69 Å². The quantitative estimate of drug-likeness (QED) is 0.642. The first kappa shape index (κ1) is 18.3. The van der Waals surface area contributed by atoms with Gasteiger partial charge in [-0.3, -0.25) is 9.59 Å². The lowest BCUT2D eigenvalue weighted by atomic mass is 10.2. The van der Waals surface area contributed by atoms with E-state index in [4.69, 9.17) is 9.47 Å². The van der Waals surface area contributed by atoms with Crippen LogP contribution in [0.1, 0.15) is 34.7 Å². The molecule has 7 heteroatoms. The summed E-state index contributed by atoms with van der Waals surface area (Å²) in [6, 6.07) is 8.28. The summed E-state index contributed by atoms with van der Waals surface area (Å²) in [5.74, 6) is -0.701. The Morgan fingerprint density at radius 3 is 2.52 bits per heavy atom. The third-order valence-electron chi connectivity index (χ3n) is 3.61. The Hall–Kier alpha value is -3.09. The lowest BCUT2D eigenvalue weighted by Crippen LogP contribution is -2.30. The van der Waals surface area contributed by atoms with Crippen molar-refractivity contribution in [3.8, 4) is 5.75 Å². The average Bonchev–Trinajstić information content (AvgIpc) is 2.97. The van der Waals surface area contributed by atoms with Gasteiger partial charge in [-0.1, -0.05) is 6.07 Å². The van der Waals surface area contributed by atoms with E-state index in [0.29, 0.717) is 17.0 Å². The number of carbonyl (C=O) groups excluding carboxylic acids is 3. The van der Waals surface area contributed by atoms with Crippen molar-refractivity contribution in [3.63, 3.8) is 0 Å². The Morgan fingerprint density at radius 1 is 1.20 bits per heavy atom. The molecule has 0 aliphatic rings. The van der Waals surface area contributed by atoms with Gasteiger partial charge in [0, 0.05) is 30.6 Å². The molecule has 0 aliphatic carbocycles. The Morgan fingerprint density at radius 2 is 1.92 bits per heavy atom. The van der Waals surface area contributed by atoms with Crippen LogP contribution in [0.5, 0.6) is 5.75 Å². The number of amides is 1. The van der Waals surface area contributed by atoms with E-state index in [0.717, 1.165) is 0 Å². The SMILES string of the molecule is COc1cccc(NC(=O)[C@@H](C)OC(=O)c2cc(C(C)=O)cn2C)c1. The molecule has 25 heavy (non-hydrogen) atoms. The van der Waals surface area contributed by atoms with E-state index in [1.165, 1.54) is 31.6 Å². The molecule has 0 saturated heterocycles. The molecule has 0 spiro atoms. The van der Waals surface area contributed by atoms with Crippen LogP contribution in [-0.4, -0.2) is 35.4 Å². The molecule has 132 valence electrons. The van der Waals surface area contributed by atoms with E-state index in [9.17, 15) is 14.4 Å². The zero-order valence-electron chi connectivity index (χ0n) is 14.5. The summed E-state index contributed by atoms with van der Waals surface area (Å²) < 4.78 is 11.8. The number of ketones is 1. The maximum Gasteiger partial charge on any atom is 0.355 e. The predicted molar refractivity (Wildman–Crippen MR) is 91.9 cm³/mol. The molecule has 0 saturated carbocycles. The standard InChI is InChI=1S/C18H20N2O5/c1-11(21)13-8-16(20(3)10-13)18(23)25-12(2)17(22)19-14-6-5-7-15(9-14)24-4/h5-10,12H,1-4H3,(H,19,22)/t12-/m1/s1. The van der Waals surface area contributed by atoms with Gasteiger partial charge in [0.2, 0.25) is 0 Å². The summed E-state index contributed by atoms with van der Waals surface area (Å²) in [5.41, 5.74) is 1.14. The number of esters is 1. The number of Topliss-reactive ketones (excluding diaryl/α,β-unsaturated/α-hetero) is 1. The van der Waals surface area contributed by atoms with E-state index >= 15 is 0 Å². The zero-order valence-corrected chi connectivity index (χ0v) is 14.5. The second-order valence-corrected chi connectivity index (χ2v) is 5.55. The molecule has 1 N–H and O–H groups in total. The van der Waals surface area contributed by atoms with Crippen molar-refractivity contribution in [1.82, 2.24) is 4.57 Å². The summed E-state index contributed by atoms with van der Waals surface area (Å²) in [4.78, 5) is 35.8. The van der Waals surface area contributed by atoms with Gasteiger partial charge in [-0.25, -0.2) is 4.79 Å². The predicted octanol–water partition coefficient (Wildman–Crippen LogP) is 2.42. The lowest BCUT2D eigenvalue weighted by molar-refractivity contribution is -0.123. The molecule has 1 aromatic heterocycles. The van der Waals surface area contributed by atoms with Gasteiger partial charge in [-0.05, 0) is 32.0 Å². The summed E-state index contributed by atoms with van der Waals surface area (Å²) in [7, 11) is 3.16. The molecule has 1 heterocycles. The Kier molecular flexibility index (Phi) is 5.59. The molecule has 1 atom stereocenters. The molecule has 0 bridgehead atoms. The fourth-order valence-corrected chi connectivity index (χ4v) is 2.18. The van der Waals surface area contributed by atoms with Crippen LogP contribution < -0.4 is 10.1 Å². The van der Waals surface area contributed by atoms with Crippen LogP contribution in [-0.2, 0) is 16.6 Å². The van der Waals surface area contributed by atoms with Crippen molar-refractivity contribution in [1.29, 1.82) is 0 Å². The number of hydrogen-bond donors (Lipinski definition) is 1. The number of ether oxygens (including phenoxy) is 2. The molecule has 7 nitrogen and oxygen atoms in total.